The third-order valence-corrected chi connectivity index (χ3v) is 6.53. The molecule has 0 spiro atoms. The summed E-state index contributed by atoms with van der Waals surface area (Å²) in [6.07, 6.45) is 0.955. The number of hydrogen-bond donors (Lipinski definition) is 1. The normalized spacial score (nSPS) is 18.4. The van der Waals surface area contributed by atoms with E-state index >= 15 is 0 Å². The van der Waals surface area contributed by atoms with Crippen molar-refractivity contribution >= 4 is 43.9 Å². The zero-order valence-corrected chi connectivity index (χ0v) is 15.3. The minimum atomic E-state index is -0.284. The number of amides is 1. The van der Waals surface area contributed by atoms with Crippen molar-refractivity contribution < 1.29 is 4.79 Å². The Labute approximate surface area is 149 Å². The Bertz CT molecular complexity index is 852. The molecule has 0 fully saturated rings. The molecule has 2 aromatic heterocycles. The molecule has 4 nitrogen and oxygen atoms in total. The van der Waals surface area contributed by atoms with Crippen molar-refractivity contribution in [3.8, 4) is 0 Å². The summed E-state index contributed by atoms with van der Waals surface area (Å²) in [5.41, 5.74) is 2.27. The third-order valence-electron chi connectivity index (χ3n) is 4.56. The van der Waals surface area contributed by atoms with Gasteiger partial charge in [0.15, 0.2) is 5.13 Å². The van der Waals surface area contributed by atoms with Crippen LogP contribution in [-0.2, 0) is 11.2 Å². The first kappa shape index (κ1) is 15.6. The highest BCUT2D eigenvalue weighted by atomic mass is 32.1. The van der Waals surface area contributed by atoms with Crippen LogP contribution >= 0.6 is 22.7 Å². The molecule has 0 aliphatic carbocycles. The number of fused-ring (bicyclic) bond motifs is 2. The van der Waals surface area contributed by atoms with Gasteiger partial charge in [-0.15, -0.1) is 11.3 Å². The molecule has 1 amide bonds. The lowest BCUT2D eigenvalue weighted by molar-refractivity contribution is -0.134. The molecule has 1 N–H and O–H groups in total. The van der Waals surface area contributed by atoms with Gasteiger partial charge in [0.05, 0.1) is 16.3 Å². The number of carbonyl (C=O) groups excluding carboxylic acids is 1. The molecule has 3 aromatic rings. The summed E-state index contributed by atoms with van der Waals surface area (Å²) in [7, 11) is 0. The molecule has 1 aliphatic heterocycles. The van der Waals surface area contributed by atoms with Gasteiger partial charge >= 0.3 is 0 Å². The standard InChI is InChI=1S/C18H19N3OS2/c1-11(19-18-20-14-5-3-4-6-16(14)24-18)17(22)21-9-7-15-13(12(21)2)8-10-23-15/h3-6,8,10-12H,7,9H2,1-2H3,(H,19,20). The molecule has 4 rings (SSSR count). The molecule has 3 heterocycles. The number of benzene rings is 1. The van der Waals surface area contributed by atoms with Crippen LogP contribution < -0.4 is 5.32 Å². The van der Waals surface area contributed by atoms with E-state index in [1.165, 1.54) is 10.4 Å². The predicted octanol–water partition coefficient (Wildman–Crippen LogP) is 4.30. The average Bonchev–Trinajstić information content (AvgIpc) is 3.20. The predicted molar refractivity (Wildman–Crippen MR) is 101 cm³/mol. The number of carbonyl (C=O) groups is 1. The first-order valence-corrected chi connectivity index (χ1v) is 9.82. The van der Waals surface area contributed by atoms with Crippen molar-refractivity contribution in [1.29, 1.82) is 0 Å². The van der Waals surface area contributed by atoms with Crippen molar-refractivity contribution in [3.63, 3.8) is 0 Å². The van der Waals surface area contributed by atoms with Crippen molar-refractivity contribution in [1.82, 2.24) is 9.88 Å². The second kappa shape index (κ2) is 6.18. The lowest BCUT2D eigenvalue weighted by atomic mass is 10.0. The summed E-state index contributed by atoms with van der Waals surface area (Å²) in [4.78, 5) is 20.9. The quantitative estimate of drug-likeness (QED) is 0.760. The van der Waals surface area contributed by atoms with Crippen LogP contribution in [0.3, 0.4) is 0 Å². The van der Waals surface area contributed by atoms with Gasteiger partial charge in [-0.2, -0.15) is 0 Å². The summed E-state index contributed by atoms with van der Waals surface area (Å²) in [6, 6.07) is 10.0. The fourth-order valence-electron chi connectivity index (χ4n) is 3.24. The van der Waals surface area contributed by atoms with Crippen molar-refractivity contribution in [3.05, 3.63) is 46.2 Å². The molecule has 1 aliphatic rings. The molecule has 0 saturated carbocycles. The summed E-state index contributed by atoms with van der Waals surface area (Å²) in [5.74, 6) is 0.138. The SMILES string of the molecule is CC(Nc1nc2ccccc2s1)C(=O)N1CCc2sccc2C1C. The number of nitrogens with zero attached hydrogens (tertiary/aromatic N) is 2. The monoisotopic (exact) mass is 357 g/mol. The molecule has 24 heavy (non-hydrogen) atoms. The van der Waals surface area contributed by atoms with E-state index in [0.29, 0.717) is 0 Å². The highest BCUT2D eigenvalue weighted by Gasteiger charge is 2.31. The molecule has 2 atom stereocenters. The fraction of sp³-hybridized carbons (Fsp3) is 0.333. The molecule has 2 unspecified atom stereocenters. The largest absolute Gasteiger partial charge is 0.350 e. The van der Waals surface area contributed by atoms with Crippen LogP contribution in [-0.4, -0.2) is 28.4 Å². The Hall–Kier alpha value is -1.92. The maximum Gasteiger partial charge on any atom is 0.245 e. The summed E-state index contributed by atoms with van der Waals surface area (Å²) in [5, 5.41) is 6.21. The van der Waals surface area contributed by atoms with E-state index in [9.17, 15) is 4.79 Å². The maximum atomic E-state index is 12.9. The van der Waals surface area contributed by atoms with E-state index in [2.05, 4.69) is 34.7 Å². The maximum absolute atomic E-state index is 12.9. The van der Waals surface area contributed by atoms with Crippen LogP contribution in [0.2, 0.25) is 0 Å². The Morgan fingerprint density at radius 1 is 1.38 bits per heavy atom. The molecule has 1 aromatic carbocycles. The van der Waals surface area contributed by atoms with Gasteiger partial charge in [-0.05, 0) is 49.4 Å². The van der Waals surface area contributed by atoms with E-state index in [1.54, 1.807) is 22.7 Å². The van der Waals surface area contributed by atoms with Crippen LogP contribution in [0, 0.1) is 0 Å². The van der Waals surface area contributed by atoms with Crippen molar-refractivity contribution in [2.24, 2.45) is 0 Å². The number of thiophene rings is 1. The molecular weight excluding hydrogens is 338 g/mol. The number of aromatic nitrogens is 1. The zero-order valence-electron chi connectivity index (χ0n) is 13.7. The number of rotatable bonds is 3. The zero-order chi connectivity index (χ0) is 16.7. The number of anilines is 1. The number of para-hydroxylation sites is 1. The molecular formula is C18H19N3OS2. The van der Waals surface area contributed by atoms with Crippen LogP contribution in [0.15, 0.2) is 35.7 Å². The average molecular weight is 358 g/mol. The Morgan fingerprint density at radius 2 is 2.21 bits per heavy atom. The van der Waals surface area contributed by atoms with Crippen molar-refractivity contribution in [2.45, 2.75) is 32.4 Å². The first-order valence-electron chi connectivity index (χ1n) is 8.12. The second-order valence-corrected chi connectivity index (χ2v) is 8.14. The van der Waals surface area contributed by atoms with E-state index in [4.69, 9.17) is 0 Å². The van der Waals surface area contributed by atoms with Gasteiger partial charge in [0.25, 0.3) is 0 Å². The van der Waals surface area contributed by atoms with Crippen LogP contribution in [0.1, 0.15) is 30.3 Å². The summed E-state index contributed by atoms with van der Waals surface area (Å²) < 4.78 is 1.13. The first-order chi connectivity index (χ1) is 11.6. The molecule has 124 valence electrons. The smallest absolute Gasteiger partial charge is 0.245 e. The topological polar surface area (TPSA) is 45.2 Å². The van der Waals surface area contributed by atoms with Crippen LogP contribution in [0.4, 0.5) is 5.13 Å². The van der Waals surface area contributed by atoms with Gasteiger partial charge in [-0.25, -0.2) is 4.98 Å². The molecule has 0 radical (unpaired) electrons. The summed E-state index contributed by atoms with van der Waals surface area (Å²) >= 11 is 3.38. The minimum absolute atomic E-state index is 0.138. The number of nitrogens with one attached hydrogen (secondary N) is 1. The Kier molecular flexibility index (Phi) is 4.02. The minimum Gasteiger partial charge on any atom is -0.350 e. The van der Waals surface area contributed by atoms with Crippen LogP contribution in [0.25, 0.3) is 10.2 Å². The van der Waals surface area contributed by atoms with Gasteiger partial charge in [0, 0.05) is 11.4 Å². The van der Waals surface area contributed by atoms with Gasteiger partial charge < -0.3 is 10.2 Å². The van der Waals surface area contributed by atoms with Gasteiger partial charge in [-0.1, -0.05) is 23.5 Å². The Morgan fingerprint density at radius 3 is 3.04 bits per heavy atom. The summed E-state index contributed by atoms with van der Waals surface area (Å²) in [6.45, 7) is 4.83. The third kappa shape index (κ3) is 2.70. The number of hydrogen-bond acceptors (Lipinski definition) is 5. The van der Waals surface area contributed by atoms with Gasteiger partial charge in [0.1, 0.15) is 6.04 Å². The number of thiazole rings is 1. The van der Waals surface area contributed by atoms with Crippen molar-refractivity contribution in [2.75, 3.05) is 11.9 Å². The highest BCUT2D eigenvalue weighted by Crippen LogP contribution is 2.33. The molecule has 6 heteroatoms. The lowest BCUT2D eigenvalue weighted by Gasteiger charge is -2.35. The second-order valence-electron chi connectivity index (χ2n) is 6.11. The molecule has 0 saturated heterocycles. The van der Waals surface area contributed by atoms with E-state index < -0.39 is 0 Å². The van der Waals surface area contributed by atoms with Gasteiger partial charge in [0.2, 0.25) is 5.91 Å². The lowest BCUT2D eigenvalue weighted by Crippen LogP contribution is -2.45. The van der Waals surface area contributed by atoms with Gasteiger partial charge in [-0.3, -0.25) is 4.79 Å². The van der Waals surface area contributed by atoms with Crippen LogP contribution in [0.5, 0.6) is 0 Å². The highest BCUT2D eigenvalue weighted by molar-refractivity contribution is 7.22. The van der Waals surface area contributed by atoms with E-state index in [0.717, 1.165) is 28.3 Å². The Balaban J connectivity index is 1.50. The van der Waals surface area contributed by atoms with E-state index in [1.807, 2.05) is 30.0 Å². The fourth-order valence-corrected chi connectivity index (χ4v) is 5.16. The molecule has 0 bridgehead atoms. The van der Waals surface area contributed by atoms with E-state index in [-0.39, 0.29) is 18.0 Å².